The van der Waals surface area contributed by atoms with E-state index in [-0.39, 0.29) is 5.56 Å². The van der Waals surface area contributed by atoms with Crippen molar-refractivity contribution in [2.24, 2.45) is 0 Å². The van der Waals surface area contributed by atoms with Gasteiger partial charge in [-0.2, -0.15) is 0 Å². The van der Waals surface area contributed by atoms with Gasteiger partial charge in [-0.15, -0.1) is 0 Å². The molecular formula is C21H17ClO6. The van der Waals surface area contributed by atoms with Gasteiger partial charge in [-0.05, 0) is 42.5 Å². The molecule has 0 spiro atoms. The van der Waals surface area contributed by atoms with Gasteiger partial charge in [-0.3, -0.25) is 4.79 Å². The lowest BCUT2D eigenvalue weighted by molar-refractivity contribution is 0.104. The fourth-order valence-corrected chi connectivity index (χ4v) is 2.88. The number of methoxy groups -OCH3 is 3. The Hall–Kier alpha value is -3.25. The maximum absolute atomic E-state index is 12.6. The third kappa shape index (κ3) is 3.87. The van der Waals surface area contributed by atoms with E-state index in [1.165, 1.54) is 39.5 Å². The number of benzene rings is 2. The summed E-state index contributed by atoms with van der Waals surface area (Å²) in [4.78, 5) is 24.7. The number of rotatable bonds is 6. The highest BCUT2D eigenvalue weighted by atomic mass is 35.5. The molecule has 0 unspecified atom stereocenters. The van der Waals surface area contributed by atoms with Crippen molar-refractivity contribution in [2.75, 3.05) is 21.3 Å². The molecule has 3 rings (SSSR count). The summed E-state index contributed by atoms with van der Waals surface area (Å²) in [5.41, 5.74) is 0.132. The van der Waals surface area contributed by atoms with Gasteiger partial charge in [-0.25, -0.2) is 4.79 Å². The van der Waals surface area contributed by atoms with E-state index < -0.39 is 11.4 Å². The molecule has 7 heteroatoms. The number of carbonyl (C=O) groups excluding carboxylic acids is 1. The van der Waals surface area contributed by atoms with Crippen molar-refractivity contribution in [3.8, 4) is 17.2 Å². The summed E-state index contributed by atoms with van der Waals surface area (Å²) < 4.78 is 21.0. The summed E-state index contributed by atoms with van der Waals surface area (Å²) in [7, 11) is 4.53. The maximum Gasteiger partial charge on any atom is 0.347 e. The molecular weight excluding hydrogens is 384 g/mol. The molecule has 144 valence electrons. The Balaban J connectivity index is 1.99. The van der Waals surface area contributed by atoms with Crippen LogP contribution in [0.5, 0.6) is 17.2 Å². The second-order valence-electron chi connectivity index (χ2n) is 5.78. The Morgan fingerprint density at radius 1 is 0.964 bits per heavy atom. The van der Waals surface area contributed by atoms with E-state index in [1.54, 1.807) is 30.3 Å². The fourth-order valence-electron chi connectivity index (χ4n) is 2.70. The smallest absolute Gasteiger partial charge is 0.347 e. The van der Waals surface area contributed by atoms with Gasteiger partial charge in [0, 0.05) is 22.0 Å². The largest absolute Gasteiger partial charge is 0.496 e. The number of carbonyl (C=O) groups is 1. The Morgan fingerprint density at radius 3 is 2.32 bits per heavy atom. The minimum atomic E-state index is -0.719. The minimum Gasteiger partial charge on any atom is -0.496 e. The van der Waals surface area contributed by atoms with Crippen LogP contribution in [0, 0.1) is 0 Å². The standard InChI is InChI=1S/C21H17ClO6/c1-25-18-11-20(27-3)19(26-2)10-12(18)4-6-16(23)15-9-13-8-14(22)5-7-17(13)28-21(15)24/h4-11H,1-3H3/b6-4+. The second-order valence-corrected chi connectivity index (χ2v) is 6.21. The molecule has 1 aromatic heterocycles. The van der Waals surface area contributed by atoms with Gasteiger partial charge in [0.25, 0.3) is 0 Å². The zero-order chi connectivity index (χ0) is 20.3. The van der Waals surface area contributed by atoms with Crippen LogP contribution in [0.1, 0.15) is 15.9 Å². The average molecular weight is 401 g/mol. The SMILES string of the molecule is COc1cc(OC)c(OC)cc1/C=C/C(=O)c1cc2cc(Cl)ccc2oc1=O. The first kappa shape index (κ1) is 19.5. The van der Waals surface area contributed by atoms with Gasteiger partial charge >= 0.3 is 5.63 Å². The van der Waals surface area contributed by atoms with Crippen LogP contribution in [0.4, 0.5) is 0 Å². The molecule has 0 fully saturated rings. The van der Waals surface area contributed by atoms with Gasteiger partial charge in [0.1, 0.15) is 16.9 Å². The number of hydrogen-bond donors (Lipinski definition) is 0. The molecule has 28 heavy (non-hydrogen) atoms. The van der Waals surface area contributed by atoms with Crippen molar-refractivity contribution >= 4 is 34.4 Å². The van der Waals surface area contributed by atoms with Gasteiger partial charge in [-0.1, -0.05) is 11.6 Å². The van der Waals surface area contributed by atoms with E-state index in [1.807, 2.05) is 0 Å². The summed E-state index contributed by atoms with van der Waals surface area (Å²) in [5, 5.41) is 1.04. The number of halogens is 1. The van der Waals surface area contributed by atoms with Crippen molar-refractivity contribution in [1.29, 1.82) is 0 Å². The monoisotopic (exact) mass is 400 g/mol. The third-order valence-corrected chi connectivity index (χ3v) is 4.34. The number of ether oxygens (including phenoxy) is 3. The van der Waals surface area contributed by atoms with E-state index in [9.17, 15) is 9.59 Å². The Labute approximate surface area is 165 Å². The highest BCUT2D eigenvalue weighted by molar-refractivity contribution is 6.31. The van der Waals surface area contributed by atoms with Gasteiger partial charge in [0.15, 0.2) is 17.3 Å². The maximum atomic E-state index is 12.6. The van der Waals surface area contributed by atoms with E-state index in [2.05, 4.69) is 0 Å². The molecule has 0 N–H and O–H groups in total. The van der Waals surface area contributed by atoms with Crippen LogP contribution in [0.2, 0.25) is 5.02 Å². The fraction of sp³-hybridized carbons (Fsp3) is 0.143. The molecule has 0 amide bonds. The lowest BCUT2D eigenvalue weighted by Gasteiger charge is -2.12. The Kier molecular flexibility index (Phi) is 5.70. The number of hydrogen-bond acceptors (Lipinski definition) is 6. The zero-order valence-corrected chi connectivity index (χ0v) is 16.2. The summed E-state index contributed by atoms with van der Waals surface area (Å²) in [5.74, 6) is 0.955. The molecule has 0 atom stereocenters. The van der Waals surface area contributed by atoms with Crippen molar-refractivity contribution in [3.05, 3.63) is 69.0 Å². The quantitative estimate of drug-likeness (QED) is 0.347. The molecule has 0 aliphatic rings. The summed E-state index contributed by atoms with van der Waals surface area (Å²) >= 11 is 5.96. The Morgan fingerprint density at radius 2 is 1.64 bits per heavy atom. The highest BCUT2D eigenvalue weighted by Gasteiger charge is 2.13. The molecule has 0 aliphatic carbocycles. The molecule has 0 bridgehead atoms. The lowest BCUT2D eigenvalue weighted by atomic mass is 10.1. The van der Waals surface area contributed by atoms with Crippen molar-refractivity contribution < 1.29 is 23.4 Å². The highest BCUT2D eigenvalue weighted by Crippen LogP contribution is 2.35. The summed E-state index contributed by atoms with van der Waals surface area (Å²) in [6, 6.07) is 9.60. The molecule has 1 heterocycles. The van der Waals surface area contributed by atoms with Gasteiger partial charge < -0.3 is 18.6 Å². The van der Waals surface area contributed by atoms with Crippen LogP contribution in [-0.4, -0.2) is 27.1 Å². The first-order valence-corrected chi connectivity index (χ1v) is 8.60. The number of fused-ring (bicyclic) bond motifs is 1. The van der Waals surface area contributed by atoms with E-state index in [0.29, 0.717) is 38.8 Å². The van der Waals surface area contributed by atoms with Crippen LogP contribution in [-0.2, 0) is 0 Å². The molecule has 2 aromatic carbocycles. The molecule has 0 saturated heterocycles. The zero-order valence-electron chi connectivity index (χ0n) is 15.4. The molecule has 0 saturated carbocycles. The van der Waals surface area contributed by atoms with Crippen molar-refractivity contribution in [3.63, 3.8) is 0 Å². The van der Waals surface area contributed by atoms with E-state index in [0.717, 1.165) is 0 Å². The number of ketones is 1. The number of allylic oxidation sites excluding steroid dienone is 1. The van der Waals surface area contributed by atoms with Gasteiger partial charge in [0.2, 0.25) is 0 Å². The minimum absolute atomic E-state index is 0.0922. The van der Waals surface area contributed by atoms with Crippen molar-refractivity contribution in [2.45, 2.75) is 0 Å². The van der Waals surface area contributed by atoms with Crippen LogP contribution >= 0.6 is 11.6 Å². The normalized spacial score (nSPS) is 11.0. The van der Waals surface area contributed by atoms with E-state index in [4.69, 9.17) is 30.2 Å². The molecule has 3 aromatic rings. The van der Waals surface area contributed by atoms with Crippen LogP contribution < -0.4 is 19.8 Å². The first-order chi connectivity index (χ1) is 13.5. The predicted octanol–water partition coefficient (Wildman–Crippen LogP) is 4.37. The molecule has 0 radical (unpaired) electrons. The topological polar surface area (TPSA) is 75.0 Å². The molecule has 0 aliphatic heterocycles. The van der Waals surface area contributed by atoms with Crippen LogP contribution in [0.25, 0.3) is 17.0 Å². The lowest BCUT2D eigenvalue weighted by Crippen LogP contribution is -2.11. The Bertz CT molecular complexity index is 1130. The summed E-state index contributed by atoms with van der Waals surface area (Å²) in [6.45, 7) is 0. The first-order valence-electron chi connectivity index (χ1n) is 8.22. The average Bonchev–Trinajstić information content (AvgIpc) is 2.70. The van der Waals surface area contributed by atoms with E-state index >= 15 is 0 Å². The summed E-state index contributed by atoms with van der Waals surface area (Å²) in [6.07, 6.45) is 2.80. The van der Waals surface area contributed by atoms with Crippen LogP contribution in [0.15, 0.2) is 51.7 Å². The second kappa shape index (κ2) is 8.19. The van der Waals surface area contributed by atoms with Gasteiger partial charge in [0.05, 0.1) is 21.3 Å². The molecule has 6 nitrogen and oxygen atoms in total. The third-order valence-electron chi connectivity index (χ3n) is 4.11. The van der Waals surface area contributed by atoms with Crippen LogP contribution in [0.3, 0.4) is 0 Å². The van der Waals surface area contributed by atoms with Crippen molar-refractivity contribution in [1.82, 2.24) is 0 Å². The predicted molar refractivity (Wildman–Crippen MR) is 107 cm³/mol.